The smallest absolute Gasteiger partial charge is 0.164 e. The number of hydrogen-bond acceptors (Lipinski definition) is 2. The minimum Gasteiger partial charge on any atom is -0.383 e. The molecule has 3 rings (SSSR count). The Balaban J connectivity index is 2.10. The summed E-state index contributed by atoms with van der Waals surface area (Å²) < 4.78 is 13.7. The number of benzene rings is 2. The lowest BCUT2D eigenvalue weighted by molar-refractivity contribution is -0.134. The Morgan fingerprint density at radius 1 is 1.21 bits per heavy atom. The summed E-state index contributed by atoms with van der Waals surface area (Å²) in [4.78, 5) is 15.6. The third-order valence-corrected chi connectivity index (χ3v) is 4.32. The van der Waals surface area contributed by atoms with Crippen molar-refractivity contribution in [3.05, 3.63) is 71.7 Å². The highest BCUT2D eigenvalue weighted by Gasteiger charge is 2.29. The van der Waals surface area contributed by atoms with E-state index in [1.807, 2.05) is 36.5 Å². The Labute approximate surface area is 140 Å². The lowest BCUT2D eigenvalue weighted by Crippen LogP contribution is -2.32. The van der Waals surface area contributed by atoms with Gasteiger partial charge in [0.15, 0.2) is 5.78 Å². The number of H-pyrrole nitrogens is 1. The first-order chi connectivity index (χ1) is 11.4. The number of hydrogen-bond donors (Lipinski definition) is 2. The average Bonchev–Trinajstić information content (AvgIpc) is 2.95. The van der Waals surface area contributed by atoms with Crippen LogP contribution < -0.4 is 0 Å². The van der Waals surface area contributed by atoms with Crippen LogP contribution in [0, 0.1) is 5.82 Å². The molecule has 0 aliphatic rings. The first-order valence-corrected chi connectivity index (χ1v) is 7.93. The number of rotatable bonds is 5. The Bertz CT molecular complexity index is 876. The van der Waals surface area contributed by atoms with E-state index in [9.17, 15) is 14.3 Å². The largest absolute Gasteiger partial charge is 0.383 e. The number of carbonyl (C=O) groups is 1. The van der Waals surface area contributed by atoms with E-state index in [1.54, 1.807) is 6.07 Å². The van der Waals surface area contributed by atoms with Crippen LogP contribution in [-0.4, -0.2) is 21.5 Å². The molecule has 3 nitrogen and oxygen atoms in total. The van der Waals surface area contributed by atoms with Crippen molar-refractivity contribution in [2.24, 2.45) is 0 Å². The van der Waals surface area contributed by atoms with Gasteiger partial charge in [-0.1, -0.05) is 30.3 Å². The quantitative estimate of drug-likeness (QED) is 0.740. The van der Waals surface area contributed by atoms with Crippen LogP contribution in [0.4, 0.5) is 4.39 Å². The summed E-state index contributed by atoms with van der Waals surface area (Å²) in [5, 5.41) is 11.0. The maximum absolute atomic E-state index is 13.7. The van der Waals surface area contributed by atoms with E-state index in [0.717, 1.165) is 22.0 Å². The zero-order valence-corrected chi connectivity index (χ0v) is 13.7. The second kappa shape index (κ2) is 6.21. The van der Waals surface area contributed by atoms with E-state index < -0.39 is 5.60 Å². The number of Topliss-reactive ketones (excluding diaryl/α,β-unsaturated/α-hetero) is 1. The van der Waals surface area contributed by atoms with Crippen molar-refractivity contribution in [2.45, 2.75) is 31.8 Å². The van der Waals surface area contributed by atoms with E-state index in [0.29, 0.717) is 0 Å². The molecule has 1 atom stereocenters. The molecule has 4 heteroatoms. The van der Waals surface area contributed by atoms with Crippen molar-refractivity contribution in [3.63, 3.8) is 0 Å². The molecule has 1 heterocycles. The van der Waals surface area contributed by atoms with Gasteiger partial charge in [-0.3, -0.25) is 4.79 Å². The number of aliphatic hydroxyl groups is 1. The third-order valence-electron chi connectivity index (χ3n) is 4.32. The van der Waals surface area contributed by atoms with Crippen LogP contribution >= 0.6 is 0 Å². The first kappa shape index (κ1) is 16.4. The minimum absolute atomic E-state index is 0.106. The number of aromatic nitrogens is 1. The summed E-state index contributed by atoms with van der Waals surface area (Å²) in [7, 11) is 0. The van der Waals surface area contributed by atoms with Gasteiger partial charge in [-0.05, 0) is 43.2 Å². The molecule has 24 heavy (non-hydrogen) atoms. The Kier molecular flexibility index (Phi) is 4.24. The molecule has 0 spiro atoms. The van der Waals surface area contributed by atoms with Crippen LogP contribution in [0.25, 0.3) is 10.9 Å². The summed E-state index contributed by atoms with van der Waals surface area (Å²) in [6, 6.07) is 14.1. The highest BCUT2D eigenvalue weighted by molar-refractivity contribution is 5.89. The van der Waals surface area contributed by atoms with Gasteiger partial charge >= 0.3 is 0 Å². The number of halogens is 1. The van der Waals surface area contributed by atoms with Gasteiger partial charge in [-0.2, -0.15) is 0 Å². The fourth-order valence-electron chi connectivity index (χ4n) is 2.95. The second-order valence-corrected chi connectivity index (χ2v) is 6.58. The van der Waals surface area contributed by atoms with Crippen molar-refractivity contribution in [1.82, 2.24) is 4.98 Å². The van der Waals surface area contributed by atoms with Gasteiger partial charge < -0.3 is 10.1 Å². The highest BCUT2D eigenvalue weighted by Crippen LogP contribution is 2.34. The van der Waals surface area contributed by atoms with Gasteiger partial charge in [-0.15, -0.1) is 0 Å². The first-order valence-electron chi connectivity index (χ1n) is 7.93. The molecule has 0 aliphatic carbocycles. The van der Waals surface area contributed by atoms with Gasteiger partial charge in [-0.25, -0.2) is 4.39 Å². The van der Waals surface area contributed by atoms with E-state index >= 15 is 0 Å². The number of nitrogens with one attached hydrogen (secondary N) is 1. The van der Waals surface area contributed by atoms with Crippen molar-refractivity contribution >= 4 is 16.7 Å². The molecule has 3 aromatic rings. The van der Waals surface area contributed by atoms with E-state index in [-0.39, 0.29) is 23.9 Å². The van der Waals surface area contributed by atoms with Crippen molar-refractivity contribution in [3.8, 4) is 0 Å². The number of carbonyl (C=O) groups excluding carboxylic acids is 1. The van der Waals surface area contributed by atoms with Gasteiger partial charge in [0.05, 0.1) is 0 Å². The van der Waals surface area contributed by atoms with Crippen molar-refractivity contribution in [2.75, 3.05) is 0 Å². The predicted octanol–water partition coefficient (Wildman–Crippen LogP) is 4.17. The molecule has 0 fully saturated rings. The van der Waals surface area contributed by atoms with Gasteiger partial charge in [0.25, 0.3) is 0 Å². The summed E-state index contributed by atoms with van der Waals surface area (Å²) in [5.41, 5.74) is 1.19. The molecule has 0 radical (unpaired) electrons. The van der Waals surface area contributed by atoms with E-state index in [2.05, 4.69) is 4.98 Å². The lowest BCUT2D eigenvalue weighted by atomic mass is 9.84. The highest BCUT2D eigenvalue weighted by atomic mass is 19.1. The molecule has 2 N–H and O–H groups in total. The second-order valence-electron chi connectivity index (χ2n) is 6.58. The zero-order chi connectivity index (χ0) is 17.3. The molecule has 1 aromatic heterocycles. The van der Waals surface area contributed by atoms with Gasteiger partial charge in [0.1, 0.15) is 11.4 Å². The Hall–Kier alpha value is -2.46. The fraction of sp³-hybridized carbons (Fsp3) is 0.250. The number of ketones is 1. The van der Waals surface area contributed by atoms with Crippen LogP contribution in [0.15, 0.2) is 54.7 Å². The summed E-state index contributed by atoms with van der Waals surface area (Å²) >= 11 is 0. The van der Waals surface area contributed by atoms with E-state index in [1.165, 1.54) is 26.0 Å². The van der Waals surface area contributed by atoms with Crippen molar-refractivity contribution in [1.29, 1.82) is 0 Å². The minimum atomic E-state index is -1.42. The SMILES string of the molecule is CC(C)(O)C(=O)CC(c1cccc(F)c1)c1c[nH]c2ccccc12. The summed E-state index contributed by atoms with van der Waals surface area (Å²) in [6.07, 6.45) is 1.96. The molecule has 0 aliphatic heterocycles. The molecule has 0 saturated heterocycles. The summed E-state index contributed by atoms with van der Waals surface area (Å²) in [6.45, 7) is 2.96. The van der Waals surface area contributed by atoms with Crippen LogP contribution in [-0.2, 0) is 4.79 Å². The monoisotopic (exact) mass is 325 g/mol. The average molecular weight is 325 g/mol. The lowest BCUT2D eigenvalue weighted by Gasteiger charge is -2.22. The Morgan fingerprint density at radius 2 is 1.96 bits per heavy atom. The van der Waals surface area contributed by atoms with Crippen LogP contribution in [0.5, 0.6) is 0 Å². The van der Waals surface area contributed by atoms with Crippen LogP contribution in [0.2, 0.25) is 0 Å². The molecule has 0 saturated carbocycles. The van der Waals surface area contributed by atoms with Gasteiger partial charge in [0, 0.05) is 29.4 Å². The molecular formula is C20H20FNO2. The number of para-hydroxylation sites is 1. The molecule has 2 aromatic carbocycles. The van der Waals surface area contributed by atoms with Crippen molar-refractivity contribution < 1.29 is 14.3 Å². The molecular weight excluding hydrogens is 305 g/mol. The zero-order valence-electron chi connectivity index (χ0n) is 13.7. The topological polar surface area (TPSA) is 53.1 Å². The summed E-state index contributed by atoms with van der Waals surface area (Å²) in [5.74, 6) is -0.939. The number of aromatic amines is 1. The van der Waals surface area contributed by atoms with Crippen LogP contribution in [0.1, 0.15) is 37.3 Å². The standard InChI is InChI=1S/C20H20FNO2/c1-20(2,24)19(23)11-16(13-6-5-7-14(21)10-13)17-12-22-18-9-4-3-8-15(17)18/h3-10,12,16,22,24H,11H2,1-2H3. The fourth-order valence-corrected chi connectivity index (χ4v) is 2.95. The normalized spacial score (nSPS) is 13.2. The predicted molar refractivity (Wildman–Crippen MR) is 92.5 cm³/mol. The molecule has 124 valence electrons. The maximum atomic E-state index is 13.7. The molecule has 0 amide bonds. The molecule has 0 bridgehead atoms. The van der Waals surface area contributed by atoms with E-state index in [4.69, 9.17) is 0 Å². The Morgan fingerprint density at radius 3 is 2.67 bits per heavy atom. The molecule has 1 unspecified atom stereocenters. The van der Waals surface area contributed by atoms with Crippen LogP contribution in [0.3, 0.4) is 0 Å². The number of fused-ring (bicyclic) bond motifs is 1. The maximum Gasteiger partial charge on any atom is 0.164 e. The third kappa shape index (κ3) is 3.24. The van der Waals surface area contributed by atoms with Gasteiger partial charge in [0.2, 0.25) is 0 Å².